The van der Waals surface area contributed by atoms with Gasteiger partial charge in [0.05, 0.1) is 58.5 Å². The van der Waals surface area contributed by atoms with Crippen LogP contribution in [0.4, 0.5) is 28.2 Å². The zero-order valence-corrected chi connectivity index (χ0v) is 34.7. The number of alkyl halides is 2. The molecule has 6 rings (SSSR count). The SMILES string of the molecule is COc1ccc(CN(c2nn(CC(F)F)c3c(-n4c([C@H](Cc5cc(F)cc(F)c5)NC(=O)OC(C)(C)C)nc5cc(C(C)=O)ccc5c4=O)ccc(Cl)c23)S(C)(=O)=O)cc1. The van der Waals surface area contributed by atoms with Crippen LogP contribution in [0.2, 0.25) is 5.02 Å². The minimum atomic E-state index is -4.22. The van der Waals surface area contributed by atoms with Gasteiger partial charge in [-0.3, -0.25) is 18.8 Å². The maximum atomic E-state index is 14.9. The van der Waals surface area contributed by atoms with Crippen molar-refractivity contribution in [1.29, 1.82) is 0 Å². The standard InChI is InChI=1S/C41H39ClF4N6O7S/c1-22(53)25-9-12-29-31(18-25)47-37(32(48-40(55)59-41(2,3)4)17-24-15-26(43)19-27(44)16-24)52(39(29)54)33-14-13-30(42)35-36(33)50(21-34(45)46)49-38(35)51(60(6,56)57)20-23-7-10-28(58-5)11-8-23/h7-16,18-19,32,34H,17,20-21H2,1-6H3,(H,48,55)/t32-/m0/s1. The first-order valence-corrected chi connectivity index (χ1v) is 20.5. The van der Waals surface area contributed by atoms with Crippen molar-refractivity contribution in [1.82, 2.24) is 24.6 Å². The molecule has 4 aromatic carbocycles. The van der Waals surface area contributed by atoms with Crippen LogP contribution in [0.5, 0.6) is 5.75 Å². The molecule has 1 N–H and O–H groups in total. The zero-order valence-electron chi connectivity index (χ0n) is 33.1. The molecule has 0 aliphatic heterocycles. The Bertz CT molecular complexity index is 2790. The highest BCUT2D eigenvalue weighted by atomic mass is 35.5. The van der Waals surface area contributed by atoms with Gasteiger partial charge in [-0.25, -0.2) is 40.1 Å². The smallest absolute Gasteiger partial charge is 0.408 e. The second kappa shape index (κ2) is 16.9. The summed E-state index contributed by atoms with van der Waals surface area (Å²) in [6.07, 6.45) is -3.57. The highest BCUT2D eigenvalue weighted by Gasteiger charge is 2.32. The summed E-state index contributed by atoms with van der Waals surface area (Å²) < 4.78 is 98.6. The number of hydrogen-bond donors (Lipinski definition) is 1. The molecular formula is C41H39ClF4N6O7S. The minimum absolute atomic E-state index is 0.0144. The number of halogens is 5. The fourth-order valence-corrected chi connectivity index (χ4v) is 7.68. The van der Waals surface area contributed by atoms with Gasteiger partial charge in [-0.05, 0) is 87.4 Å². The van der Waals surface area contributed by atoms with Gasteiger partial charge < -0.3 is 14.8 Å². The van der Waals surface area contributed by atoms with E-state index in [9.17, 15) is 40.4 Å². The number of sulfonamides is 1. The number of alkyl carbamates (subject to hydrolysis) is 1. The fraction of sp³-hybridized carbons (Fsp3) is 0.293. The normalized spacial score (nSPS) is 12.5. The van der Waals surface area contributed by atoms with Crippen LogP contribution in [-0.4, -0.2) is 65.0 Å². The third-order valence-corrected chi connectivity index (χ3v) is 10.6. The van der Waals surface area contributed by atoms with Crippen LogP contribution in [0.15, 0.2) is 77.6 Å². The number of rotatable bonds is 13. The molecule has 0 bridgehead atoms. The number of hydrogen-bond acceptors (Lipinski definition) is 9. The van der Waals surface area contributed by atoms with E-state index in [0.717, 1.165) is 31.9 Å². The first kappa shape index (κ1) is 43.6. The Hall–Kier alpha value is -6.01. The molecule has 0 saturated heterocycles. The van der Waals surface area contributed by atoms with Gasteiger partial charge in [0, 0.05) is 18.1 Å². The topological polar surface area (TPSA) is 155 Å². The summed E-state index contributed by atoms with van der Waals surface area (Å²) in [5, 5.41) is 6.70. The molecule has 0 spiro atoms. The van der Waals surface area contributed by atoms with Crippen LogP contribution >= 0.6 is 11.6 Å². The third-order valence-electron chi connectivity index (χ3n) is 9.14. The van der Waals surface area contributed by atoms with E-state index >= 15 is 0 Å². The molecule has 316 valence electrons. The molecule has 0 fully saturated rings. The highest BCUT2D eigenvalue weighted by molar-refractivity contribution is 7.92. The van der Waals surface area contributed by atoms with E-state index in [-0.39, 0.29) is 67.6 Å². The Balaban J connectivity index is 1.70. The molecule has 0 unspecified atom stereocenters. The lowest BCUT2D eigenvalue weighted by Crippen LogP contribution is -2.39. The van der Waals surface area contributed by atoms with Crippen LogP contribution < -0.4 is 19.9 Å². The monoisotopic (exact) mass is 870 g/mol. The summed E-state index contributed by atoms with van der Waals surface area (Å²) in [5.74, 6) is -2.39. The van der Waals surface area contributed by atoms with Crippen LogP contribution in [0, 0.1) is 11.6 Å². The number of nitrogens with one attached hydrogen (secondary N) is 1. The van der Waals surface area contributed by atoms with Crippen molar-refractivity contribution in [3.63, 3.8) is 0 Å². The molecule has 0 aliphatic rings. The number of Topliss-reactive ketones (excluding diaryl/α,β-unsaturated/α-hetero) is 1. The predicted molar refractivity (Wildman–Crippen MR) is 218 cm³/mol. The average Bonchev–Trinajstić information content (AvgIpc) is 3.51. The second-order valence-electron chi connectivity index (χ2n) is 14.9. The van der Waals surface area contributed by atoms with Gasteiger partial charge in [0.1, 0.15) is 35.4 Å². The molecule has 1 atom stereocenters. The largest absolute Gasteiger partial charge is 0.497 e. The number of aromatic nitrogens is 4. The summed E-state index contributed by atoms with van der Waals surface area (Å²) >= 11 is 6.80. The lowest BCUT2D eigenvalue weighted by molar-refractivity contribution is 0.0500. The minimum Gasteiger partial charge on any atom is -0.497 e. The summed E-state index contributed by atoms with van der Waals surface area (Å²) in [5.41, 5.74) is -1.64. The van der Waals surface area contributed by atoms with Crippen molar-refractivity contribution in [3.8, 4) is 11.4 Å². The van der Waals surface area contributed by atoms with Gasteiger partial charge in [-0.1, -0.05) is 29.8 Å². The van der Waals surface area contributed by atoms with Gasteiger partial charge in [-0.2, -0.15) is 5.10 Å². The number of nitrogens with zero attached hydrogens (tertiary/aromatic N) is 5. The van der Waals surface area contributed by atoms with E-state index in [0.29, 0.717) is 17.4 Å². The first-order valence-electron chi connectivity index (χ1n) is 18.2. The molecular weight excluding hydrogens is 832 g/mol. The maximum absolute atomic E-state index is 14.9. The second-order valence-corrected chi connectivity index (χ2v) is 17.2. The van der Waals surface area contributed by atoms with Crippen molar-refractivity contribution >= 4 is 61.1 Å². The molecule has 2 heterocycles. The predicted octanol–water partition coefficient (Wildman–Crippen LogP) is 7.92. The summed E-state index contributed by atoms with van der Waals surface area (Å²) in [4.78, 5) is 45.6. The Labute approximate surface area is 346 Å². The third kappa shape index (κ3) is 9.55. The zero-order chi connectivity index (χ0) is 43.8. The van der Waals surface area contributed by atoms with Gasteiger partial charge in [-0.15, -0.1) is 0 Å². The van der Waals surface area contributed by atoms with Crippen molar-refractivity contribution in [2.75, 3.05) is 17.7 Å². The van der Waals surface area contributed by atoms with Gasteiger partial charge >= 0.3 is 6.09 Å². The van der Waals surface area contributed by atoms with Crippen LogP contribution in [0.25, 0.3) is 27.5 Å². The molecule has 1 amide bonds. The highest BCUT2D eigenvalue weighted by Crippen LogP contribution is 2.39. The van der Waals surface area contributed by atoms with Gasteiger partial charge in [0.2, 0.25) is 10.0 Å². The summed E-state index contributed by atoms with van der Waals surface area (Å²) in [6, 6.07) is 14.3. The van der Waals surface area contributed by atoms with Crippen molar-refractivity contribution in [2.24, 2.45) is 0 Å². The number of ketones is 1. The number of fused-ring (bicyclic) bond motifs is 2. The van der Waals surface area contributed by atoms with E-state index in [1.54, 1.807) is 45.0 Å². The van der Waals surface area contributed by atoms with Gasteiger partial charge in [0.15, 0.2) is 11.6 Å². The van der Waals surface area contributed by atoms with E-state index < -0.39 is 64.3 Å². The molecule has 6 aromatic rings. The van der Waals surface area contributed by atoms with Crippen molar-refractivity contribution in [3.05, 3.63) is 122 Å². The molecule has 0 aliphatic carbocycles. The molecule has 0 saturated carbocycles. The van der Waals surface area contributed by atoms with Crippen LogP contribution in [0.1, 0.15) is 61.0 Å². The van der Waals surface area contributed by atoms with Crippen molar-refractivity contribution < 1.29 is 45.0 Å². The molecule has 19 heteroatoms. The van der Waals surface area contributed by atoms with E-state index in [4.69, 9.17) is 26.1 Å². The quantitative estimate of drug-likeness (QED) is 0.0901. The fourth-order valence-electron chi connectivity index (χ4n) is 6.62. The van der Waals surface area contributed by atoms with Crippen LogP contribution in [-0.2, 0) is 34.3 Å². The van der Waals surface area contributed by atoms with E-state index in [1.807, 2.05) is 0 Å². The van der Waals surface area contributed by atoms with E-state index in [1.165, 1.54) is 44.4 Å². The maximum Gasteiger partial charge on any atom is 0.408 e. The first-order chi connectivity index (χ1) is 28.1. The number of benzene rings is 4. The summed E-state index contributed by atoms with van der Waals surface area (Å²) in [6.45, 7) is 4.67. The Morgan fingerprint density at radius 2 is 1.63 bits per heavy atom. The summed E-state index contributed by atoms with van der Waals surface area (Å²) in [7, 11) is -2.76. The molecule has 0 radical (unpaired) electrons. The Morgan fingerprint density at radius 3 is 2.22 bits per heavy atom. The Kier molecular flexibility index (Phi) is 12.3. The molecule has 60 heavy (non-hydrogen) atoms. The molecule has 13 nitrogen and oxygen atoms in total. The lowest BCUT2D eigenvalue weighted by Gasteiger charge is -2.26. The Morgan fingerprint density at radius 1 is 0.967 bits per heavy atom. The number of methoxy groups -OCH3 is 1. The van der Waals surface area contributed by atoms with E-state index in [2.05, 4.69) is 10.4 Å². The number of anilines is 1. The number of ether oxygens (including phenoxy) is 2. The lowest BCUT2D eigenvalue weighted by atomic mass is 10.0. The number of carbonyl (C=O) groups excluding carboxylic acids is 2. The van der Waals surface area contributed by atoms with Crippen LogP contribution in [0.3, 0.4) is 0 Å². The molecule has 2 aromatic heterocycles. The van der Waals surface area contributed by atoms with Crippen molar-refractivity contribution in [2.45, 2.75) is 65.3 Å². The average molecular weight is 871 g/mol. The number of carbonyl (C=O) groups is 2. The number of amides is 1. The van der Waals surface area contributed by atoms with Gasteiger partial charge in [0.25, 0.3) is 12.0 Å².